The van der Waals surface area contributed by atoms with Crippen LogP contribution in [0, 0.1) is 0 Å². The predicted octanol–water partition coefficient (Wildman–Crippen LogP) is -2.89. The van der Waals surface area contributed by atoms with Crippen molar-refractivity contribution in [2.75, 3.05) is 0 Å². The van der Waals surface area contributed by atoms with Crippen molar-refractivity contribution in [2.24, 2.45) is 11.5 Å². The molecule has 17 heavy (non-hydrogen) atoms. The molecule has 0 spiro atoms. The highest BCUT2D eigenvalue weighted by Gasteiger charge is 2.30. The van der Waals surface area contributed by atoms with Crippen molar-refractivity contribution in [1.82, 2.24) is 10.6 Å². The molecule has 0 unspecified atom stereocenters. The molecule has 1 aliphatic rings. The van der Waals surface area contributed by atoms with Crippen LogP contribution < -0.4 is 22.1 Å². The van der Waals surface area contributed by atoms with Crippen molar-refractivity contribution in [3.05, 3.63) is 0 Å². The van der Waals surface area contributed by atoms with Gasteiger partial charge in [0.05, 0.1) is 6.42 Å². The van der Waals surface area contributed by atoms with Gasteiger partial charge in [-0.1, -0.05) is 0 Å². The Morgan fingerprint density at radius 3 is 2.59 bits per heavy atom. The standard InChI is InChI=1S/C9H14N4O4/c10-6(14)3-5(8(11)16)13-9(17)4-1-2-7(15)12-4/h4-5H,1-3H2,(H2,10,14)(H2,11,16)(H,12,15)(H,13,17)/t4-,5+/m1/s1/i/hD. The Bertz CT molecular complexity index is 400. The molecule has 1 heterocycles. The fourth-order valence-corrected chi connectivity index (χ4v) is 1.44. The molecular formula is C9H14N4O4. The summed E-state index contributed by atoms with van der Waals surface area (Å²) in [6.07, 6.45) is -0.130. The normalized spacial score (nSPS) is 21.9. The first kappa shape index (κ1) is 11.4. The van der Waals surface area contributed by atoms with E-state index < -0.39 is 42.1 Å². The van der Waals surface area contributed by atoms with Crippen molar-refractivity contribution in [3.8, 4) is 0 Å². The first-order valence-corrected chi connectivity index (χ1v) is 5.02. The maximum absolute atomic E-state index is 11.7. The lowest BCUT2D eigenvalue weighted by molar-refractivity contribution is -0.131. The third-order valence-corrected chi connectivity index (χ3v) is 2.30. The summed E-state index contributed by atoms with van der Waals surface area (Å²) in [6.45, 7) is 0. The van der Waals surface area contributed by atoms with Crippen LogP contribution in [0.1, 0.15) is 19.3 Å². The van der Waals surface area contributed by atoms with Crippen molar-refractivity contribution < 1.29 is 20.6 Å². The first-order valence-electron chi connectivity index (χ1n) is 5.46. The van der Waals surface area contributed by atoms with Gasteiger partial charge in [0.1, 0.15) is 12.1 Å². The average molecular weight is 243 g/mol. The SMILES string of the molecule is [2H]N1C(=O)CC[C@@H]1C(=O)N[C@@H](CC(N)=O)C(N)=O. The minimum atomic E-state index is -1.22. The van der Waals surface area contributed by atoms with Gasteiger partial charge in [-0.3, -0.25) is 19.2 Å². The lowest BCUT2D eigenvalue weighted by Gasteiger charge is -2.16. The summed E-state index contributed by atoms with van der Waals surface area (Å²) in [7, 11) is 0. The van der Waals surface area contributed by atoms with Gasteiger partial charge in [-0.2, -0.15) is 0 Å². The van der Waals surface area contributed by atoms with Gasteiger partial charge < -0.3 is 22.1 Å². The average Bonchev–Trinajstić information content (AvgIpc) is 2.58. The molecule has 0 radical (unpaired) electrons. The van der Waals surface area contributed by atoms with Crippen LogP contribution in [-0.4, -0.2) is 35.7 Å². The maximum atomic E-state index is 11.7. The van der Waals surface area contributed by atoms with Crippen LogP contribution in [0.2, 0.25) is 1.41 Å². The number of hydrogen-bond acceptors (Lipinski definition) is 4. The maximum Gasteiger partial charge on any atom is 0.243 e. The number of amides is 4. The molecule has 1 aliphatic heterocycles. The van der Waals surface area contributed by atoms with E-state index in [-0.39, 0.29) is 12.8 Å². The zero-order valence-corrected chi connectivity index (χ0v) is 9.01. The lowest BCUT2D eigenvalue weighted by Crippen LogP contribution is -2.51. The molecule has 1 saturated heterocycles. The molecule has 94 valence electrons. The second kappa shape index (κ2) is 5.28. The van der Waals surface area contributed by atoms with Crippen LogP contribution in [0.15, 0.2) is 0 Å². The number of hydrogen-bond donors (Lipinski definition) is 4. The molecule has 0 aromatic carbocycles. The molecule has 0 aliphatic carbocycles. The van der Waals surface area contributed by atoms with Crippen molar-refractivity contribution in [3.63, 3.8) is 0 Å². The largest absolute Gasteiger partial charge is 0.370 e. The van der Waals surface area contributed by atoms with Gasteiger partial charge in [0.25, 0.3) is 0 Å². The first-order chi connectivity index (χ1) is 8.32. The van der Waals surface area contributed by atoms with Crippen molar-refractivity contribution >= 4 is 23.6 Å². The lowest BCUT2D eigenvalue weighted by atomic mass is 10.1. The highest BCUT2D eigenvalue weighted by atomic mass is 16.2. The molecule has 8 heteroatoms. The van der Waals surface area contributed by atoms with E-state index in [1.807, 2.05) is 0 Å². The van der Waals surface area contributed by atoms with Crippen molar-refractivity contribution in [1.29, 1.82) is 0 Å². The minimum absolute atomic E-state index is 0.0959. The van der Waals surface area contributed by atoms with Gasteiger partial charge in [-0.05, 0) is 6.42 Å². The van der Waals surface area contributed by atoms with E-state index in [0.717, 1.165) is 0 Å². The molecule has 0 saturated carbocycles. The van der Waals surface area contributed by atoms with Gasteiger partial charge in [-0.25, -0.2) is 0 Å². The smallest absolute Gasteiger partial charge is 0.243 e. The number of rotatable bonds is 5. The van der Waals surface area contributed by atoms with Crippen LogP contribution in [0.5, 0.6) is 0 Å². The molecule has 0 aromatic rings. The quantitative estimate of drug-likeness (QED) is 0.410. The van der Waals surface area contributed by atoms with Crippen LogP contribution in [0.25, 0.3) is 0 Å². The highest BCUT2D eigenvalue weighted by Crippen LogP contribution is 2.06. The Labute approximate surface area is 98.5 Å². The van der Waals surface area contributed by atoms with Gasteiger partial charge in [0.15, 0.2) is 1.41 Å². The number of primary amides is 2. The zero-order chi connectivity index (χ0) is 13.9. The number of nitrogens with one attached hydrogen (secondary N) is 2. The van der Waals surface area contributed by atoms with E-state index in [0.29, 0.717) is 5.31 Å². The monoisotopic (exact) mass is 243 g/mol. The third kappa shape index (κ3) is 3.74. The summed E-state index contributed by atoms with van der Waals surface area (Å²) in [6, 6.07) is -2.19. The van der Waals surface area contributed by atoms with Crippen LogP contribution in [0.3, 0.4) is 0 Å². The summed E-state index contributed by atoms with van der Waals surface area (Å²) < 4.78 is 7.33. The van der Waals surface area contributed by atoms with Crippen LogP contribution >= 0.6 is 0 Å². The molecule has 6 N–H and O–H groups in total. The van der Waals surface area contributed by atoms with E-state index in [4.69, 9.17) is 12.9 Å². The van der Waals surface area contributed by atoms with Gasteiger partial charge in [0, 0.05) is 6.42 Å². The zero-order valence-electron chi connectivity index (χ0n) is 10.0. The second-order valence-corrected chi connectivity index (χ2v) is 3.71. The summed E-state index contributed by atoms with van der Waals surface area (Å²) in [5.41, 5.74) is 9.92. The van der Waals surface area contributed by atoms with E-state index >= 15 is 0 Å². The minimum Gasteiger partial charge on any atom is -0.370 e. The van der Waals surface area contributed by atoms with E-state index in [1.165, 1.54) is 0 Å². The Morgan fingerprint density at radius 2 is 2.18 bits per heavy atom. The van der Waals surface area contributed by atoms with Crippen LogP contribution in [0.4, 0.5) is 0 Å². The summed E-state index contributed by atoms with van der Waals surface area (Å²) in [5, 5.41) is 2.77. The fraction of sp³-hybridized carbons (Fsp3) is 0.556. The summed E-state index contributed by atoms with van der Waals surface area (Å²) >= 11 is 0. The fourth-order valence-electron chi connectivity index (χ4n) is 1.44. The topological polar surface area (TPSA) is 144 Å². The number of carbonyl (C=O) groups is 4. The van der Waals surface area contributed by atoms with Gasteiger partial charge in [-0.15, -0.1) is 0 Å². The number of carbonyl (C=O) groups excluding carboxylic acids is 4. The third-order valence-electron chi connectivity index (χ3n) is 2.30. The molecule has 8 nitrogen and oxygen atoms in total. The Morgan fingerprint density at radius 1 is 1.53 bits per heavy atom. The molecular weight excluding hydrogens is 228 g/mol. The molecule has 0 aromatic heterocycles. The summed E-state index contributed by atoms with van der Waals surface area (Å²) in [4.78, 5) is 44.5. The summed E-state index contributed by atoms with van der Waals surface area (Å²) in [5.74, 6) is -2.85. The molecule has 0 bridgehead atoms. The Balaban J connectivity index is 2.64. The van der Waals surface area contributed by atoms with E-state index in [1.54, 1.807) is 0 Å². The Hall–Kier alpha value is -2.12. The predicted molar refractivity (Wildman–Crippen MR) is 56.1 cm³/mol. The van der Waals surface area contributed by atoms with Crippen molar-refractivity contribution in [2.45, 2.75) is 31.3 Å². The van der Waals surface area contributed by atoms with Gasteiger partial charge in [0.2, 0.25) is 23.6 Å². The van der Waals surface area contributed by atoms with E-state index in [9.17, 15) is 19.2 Å². The highest BCUT2D eigenvalue weighted by molar-refractivity contribution is 5.95. The number of nitrogens with two attached hydrogens (primary N) is 2. The molecule has 1 fully saturated rings. The van der Waals surface area contributed by atoms with Crippen LogP contribution in [-0.2, 0) is 19.2 Å². The Kier molecular flexibility index (Phi) is 3.53. The second-order valence-electron chi connectivity index (χ2n) is 3.71. The van der Waals surface area contributed by atoms with Gasteiger partial charge >= 0.3 is 0 Å². The molecule has 4 amide bonds. The molecule has 1 rings (SSSR count). The van der Waals surface area contributed by atoms with E-state index in [2.05, 4.69) is 5.32 Å². The molecule has 2 atom stereocenters.